The van der Waals surface area contributed by atoms with Gasteiger partial charge in [0.05, 0.1) is 17.9 Å². The first kappa shape index (κ1) is 40.4. The van der Waals surface area contributed by atoms with Crippen LogP contribution in [0.15, 0.2) is 30.3 Å². The molecule has 16 nitrogen and oxygen atoms in total. The zero-order chi connectivity index (χ0) is 39.1. The molecule has 1 aromatic carbocycles. The largest absolute Gasteiger partial charge is 0.480 e. The van der Waals surface area contributed by atoms with Gasteiger partial charge in [-0.1, -0.05) is 0 Å². The molecule has 0 unspecified atom stereocenters. The lowest BCUT2D eigenvalue weighted by Crippen LogP contribution is -2.56. The number of carboxylic acid groups (broad SMARTS) is 1. The van der Waals surface area contributed by atoms with E-state index in [0.717, 1.165) is 39.9 Å². The number of amides is 4. The number of benzene rings is 1. The molecule has 2 fully saturated rings. The molecule has 2 aliphatic heterocycles. The van der Waals surface area contributed by atoms with Crippen LogP contribution in [0.5, 0.6) is 5.88 Å². The second kappa shape index (κ2) is 17.0. The van der Waals surface area contributed by atoms with Gasteiger partial charge in [-0.15, -0.1) is 0 Å². The van der Waals surface area contributed by atoms with Crippen LogP contribution in [-0.4, -0.2) is 129 Å². The quantitative estimate of drug-likeness (QED) is 0.304. The molecule has 53 heavy (non-hydrogen) atoms. The molecule has 2 aromatic rings. The van der Waals surface area contributed by atoms with Crippen molar-refractivity contribution in [2.24, 2.45) is 0 Å². The summed E-state index contributed by atoms with van der Waals surface area (Å²) in [5, 5.41) is 16.3. The zero-order valence-electron chi connectivity index (χ0n) is 29.8. The van der Waals surface area contributed by atoms with Gasteiger partial charge in [0, 0.05) is 45.2 Å². The van der Waals surface area contributed by atoms with E-state index in [1.165, 1.54) is 9.80 Å². The predicted molar refractivity (Wildman–Crippen MR) is 178 cm³/mol. The first-order valence-corrected chi connectivity index (χ1v) is 17.0. The number of piperazine rings is 1. The summed E-state index contributed by atoms with van der Waals surface area (Å²) >= 11 is 0. The Morgan fingerprint density at radius 3 is 2.21 bits per heavy atom. The van der Waals surface area contributed by atoms with Gasteiger partial charge in [-0.25, -0.2) is 14.3 Å². The van der Waals surface area contributed by atoms with Gasteiger partial charge in [0.15, 0.2) is 12.3 Å². The van der Waals surface area contributed by atoms with E-state index in [0.29, 0.717) is 6.42 Å². The Bertz CT molecular complexity index is 1670. The monoisotopic (exact) mass is 752 g/mol. The molecule has 2 aliphatic rings. The molecule has 1 aromatic heterocycles. The molecule has 0 saturated carbocycles. The van der Waals surface area contributed by atoms with Gasteiger partial charge in [0.2, 0.25) is 11.8 Å². The Hall–Kier alpha value is -5.36. The van der Waals surface area contributed by atoms with E-state index in [1.807, 2.05) is 0 Å². The molecule has 3 heterocycles. The van der Waals surface area contributed by atoms with Crippen molar-refractivity contribution in [3.63, 3.8) is 0 Å². The van der Waals surface area contributed by atoms with Gasteiger partial charge in [-0.2, -0.15) is 18.3 Å². The number of nitrogens with zero attached hydrogens (tertiary/aromatic N) is 5. The van der Waals surface area contributed by atoms with Crippen LogP contribution < -0.4 is 10.1 Å². The second-order valence-electron chi connectivity index (χ2n) is 13.4. The highest BCUT2D eigenvalue weighted by Crippen LogP contribution is 2.30. The summed E-state index contributed by atoms with van der Waals surface area (Å²) in [5.41, 5.74) is -2.08. The number of carbonyl (C=O) groups excluding carboxylic acids is 5. The average Bonchev–Trinajstić information content (AvgIpc) is 3.76. The minimum Gasteiger partial charge on any atom is -0.480 e. The van der Waals surface area contributed by atoms with Crippen LogP contribution in [0.2, 0.25) is 0 Å². The van der Waals surface area contributed by atoms with Crippen LogP contribution in [0.3, 0.4) is 0 Å². The number of carboxylic acids is 1. The average molecular weight is 753 g/mol. The molecule has 0 radical (unpaired) electrons. The third-order valence-electron chi connectivity index (χ3n) is 8.33. The number of halogens is 3. The number of rotatable bonds is 12. The van der Waals surface area contributed by atoms with E-state index in [4.69, 9.17) is 14.2 Å². The highest BCUT2D eigenvalue weighted by Gasteiger charge is 2.36. The maximum atomic E-state index is 13.7. The Morgan fingerprint density at radius 1 is 0.981 bits per heavy atom. The first-order valence-electron chi connectivity index (χ1n) is 17.0. The number of carbonyl (C=O) groups is 6. The molecule has 0 aliphatic carbocycles. The zero-order valence-corrected chi connectivity index (χ0v) is 29.8. The van der Waals surface area contributed by atoms with Crippen LogP contribution in [0.25, 0.3) is 5.69 Å². The van der Waals surface area contributed by atoms with Crippen LogP contribution in [0.4, 0.5) is 18.0 Å². The lowest BCUT2D eigenvalue weighted by molar-refractivity contribution is -0.155. The minimum atomic E-state index is -4.64. The van der Waals surface area contributed by atoms with Crippen LogP contribution in [0.1, 0.15) is 69.4 Å². The number of esters is 1. The van der Waals surface area contributed by atoms with Crippen molar-refractivity contribution in [2.45, 2.75) is 77.2 Å². The Labute approximate surface area is 303 Å². The van der Waals surface area contributed by atoms with Gasteiger partial charge in [0.25, 0.3) is 11.8 Å². The van der Waals surface area contributed by atoms with Gasteiger partial charge in [-0.05, 0) is 71.2 Å². The molecular weight excluding hydrogens is 709 g/mol. The van der Waals surface area contributed by atoms with Crippen LogP contribution in [-0.2, 0) is 34.8 Å². The molecule has 2 saturated heterocycles. The van der Waals surface area contributed by atoms with Crippen molar-refractivity contribution in [3.8, 4) is 11.6 Å². The fraction of sp³-hybridized carbons (Fsp3) is 0.559. The lowest BCUT2D eigenvalue weighted by atomic mass is 10.1. The molecule has 19 heteroatoms. The van der Waals surface area contributed by atoms with Crippen molar-refractivity contribution in [3.05, 3.63) is 41.6 Å². The summed E-state index contributed by atoms with van der Waals surface area (Å²) in [5.74, 6) is -4.16. The normalized spacial score (nSPS) is 16.9. The molecule has 2 N–H and O–H groups in total. The third kappa shape index (κ3) is 10.8. The number of aromatic nitrogens is 2. The van der Waals surface area contributed by atoms with E-state index in [-0.39, 0.29) is 75.9 Å². The number of alkyl halides is 3. The van der Waals surface area contributed by atoms with Crippen molar-refractivity contribution in [2.75, 3.05) is 45.9 Å². The van der Waals surface area contributed by atoms with Crippen LogP contribution in [0, 0.1) is 0 Å². The summed E-state index contributed by atoms with van der Waals surface area (Å²) in [7, 11) is 0. The Morgan fingerprint density at radius 2 is 1.62 bits per heavy atom. The minimum absolute atomic E-state index is 0.0288. The topological polar surface area (TPSA) is 190 Å². The second-order valence-corrected chi connectivity index (χ2v) is 13.4. The Balaban J connectivity index is 1.58. The number of likely N-dealkylation sites (tertiary alicyclic amines) is 1. The maximum Gasteiger partial charge on any atom is 0.416 e. The van der Waals surface area contributed by atoms with Crippen molar-refractivity contribution >= 4 is 35.8 Å². The van der Waals surface area contributed by atoms with Crippen LogP contribution >= 0.6 is 0 Å². The summed E-state index contributed by atoms with van der Waals surface area (Å²) < 4.78 is 56.9. The molecule has 290 valence electrons. The fourth-order valence-electron chi connectivity index (χ4n) is 5.78. The summed E-state index contributed by atoms with van der Waals surface area (Å²) in [6.07, 6.45) is -4.87. The number of nitrogens with one attached hydrogen (secondary N) is 1. The summed E-state index contributed by atoms with van der Waals surface area (Å²) in [6.45, 7) is 6.94. The van der Waals surface area contributed by atoms with Crippen molar-refractivity contribution in [1.82, 2.24) is 29.8 Å². The van der Waals surface area contributed by atoms with E-state index < -0.39 is 71.8 Å². The number of hydrogen-bond donors (Lipinski definition) is 2. The van der Waals surface area contributed by atoms with Crippen molar-refractivity contribution in [1.29, 1.82) is 0 Å². The van der Waals surface area contributed by atoms with Gasteiger partial charge in [0.1, 0.15) is 17.7 Å². The molecular formula is C34H43F3N6O10. The summed E-state index contributed by atoms with van der Waals surface area (Å²) in [6, 6.07) is 2.55. The maximum absolute atomic E-state index is 13.7. The number of aliphatic carboxylic acids is 1. The summed E-state index contributed by atoms with van der Waals surface area (Å²) in [4.78, 5) is 80.7. The first-order chi connectivity index (χ1) is 24.9. The number of ether oxygens (including phenoxy) is 3. The third-order valence-corrected chi connectivity index (χ3v) is 8.33. The van der Waals surface area contributed by atoms with Gasteiger partial charge in [-0.3, -0.25) is 19.2 Å². The van der Waals surface area contributed by atoms with E-state index in [9.17, 15) is 47.0 Å². The van der Waals surface area contributed by atoms with Crippen molar-refractivity contribution < 1.29 is 61.3 Å². The molecule has 0 spiro atoms. The molecule has 0 bridgehead atoms. The van der Waals surface area contributed by atoms with E-state index in [1.54, 1.807) is 27.7 Å². The van der Waals surface area contributed by atoms with Gasteiger partial charge >= 0.3 is 24.2 Å². The molecule has 4 rings (SSSR count). The highest BCUT2D eigenvalue weighted by atomic mass is 19.4. The smallest absolute Gasteiger partial charge is 0.416 e. The van der Waals surface area contributed by atoms with E-state index >= 15 is 0 Å². The SMILES string of the molecule is CCOC(=O)N1CCN(C(=O)[C@H](CCC(=O)OC(C)(C)C)NC(=O)c2cc(OCC(=O)N3CCC[C@H]3C(=O)O)n(-c3ccc(C(F)(F)F)cc3)n2)CC1. The molecule has 4 amide bonds. The molecule has 2 atom stereocenters. The lowest BCUT2D eigenvalue weighted by Gasteiger charge is -2.36. The fourth-order valence-corrected chi connectivity index (χ4v) is 5.78. The van der Waals surface area contributed by atoms with Gasteiger partial charge < -0.3 is 39.3 Å². The van der Waals surface area contributed by atoms with E-state index in [2.05, 4.69) is 10.4 Å². The standard InChI is InChI=1S/C34H43F3N6O10/c1-5-51-32(50)41-17-15-40(16-18-41)30(47)23(12-13-28(45)53-33(2,3)4)38-29(46)24-19-27(52-20-26(44)42-14-6-7-25(42)31(48)49)43(39-24)22-10-8-21(9-11-22)34(35,36)37/h8-11,19,23,25H,5-7,12-18,20H2,1-4H3,(H,38,46)(H,48,49)/t23-,25-/m0/s1. The number of hydrogen-bond acceptors (Lipinski definition) is 10. The Kier molecular flexibility index (Phi) is 12.9. The predicted octanol–water partition coefficient (Wildman–Crippen LogP) is 2.87. The highest BCUT2D eigenvalue weighted by molar-refractivity contribution is 5.96.